The Kier molecular flexibility index (Phi) is 5.92. The molecule has 1 aromatic rings. The molecule has 4 nitrogen and oxygen atoms in total. The number of nitrogens with zero attached hydrogens (tertiary/aromatic N) is 3. The largest absolute Gasteiger partial charge is 0.300 e. The Bertz CT molecular complexity index is 382. The summed E-state index contributed by atoms with van der Waals surface area (Å²) in [5.74, 6) is 0. The molecule has 0 fully saturated rings. The fourth-order valence-electron chi connectivity index (χ4n) is 1.91. The molecule has 0 aromatic carbocycles. The van der Waals surface area contributed by atoms with E-state index in [0.717, 1.165) is 35.9 Å². The molecule has 0 spiro atoms. The van der Waals surface area contributed by atoms with Crippen LogP contribution in [0.3, 0.4) is 0 Å². The van der Waals surface area contributed by atoms with Crippen LogP contribution < -0.4 is 5.32 Å². The number of nitrogens with one attached hydrogen (secondary N) is 1. The van der Waals surface area contributed by atoms with Crippen molar-refractivity contribution in [2.24, 2.45) is 0 Å². The second-order valence-corrected chi connectivity index (χ2v) is 5.35. The van der Waals surface area contributed by atoms with E-state index in [2.05, 4.69) is 46.0 Å². The molecule has 1 atom stereocenters. The molecule has 94 valence electrons. The third-order valence-corrected chi connectivity index (χ3v) is 3.48. The molecule has 0 saturated carbocycles. The SMILES string of the molecule is CCNC(C#N)(CC)CCCn1cc(I)cn1. The Morgan fingerprint density at radius 2 is 2.35 bits per heavy atom. The molecule has 0 radical (unpaired) electrons. The lowest BCUT2D eigenvalue weighted by molar-refractivity contribution is 0.358. The summed E-state index contributed by atoms with van der Waals surface area (Å²) in [5, 5.41) is 16.8. The van der Waals surface area contributed by atoms with E-state index >= 15 is 0 Å². The molecule has 5 heteroatoms. The number of aromatic nitrogens is 2. The number of rotatable bonds is 7. The van der Waals surface area contributed by atoms with Crippen LogP contribution in [-0.2, 0) is 6.54 Å². The van der Waals surface area contributed by atoms with Gasteiger partial charge in [-0.25, -0.2) is 0 Å². The van der Waals surface area contributed by atoms with Gasteiger partial charge in [-0.05, 0) is 48.4 Å². The molecule has 17 heavy (non-hydrogen) atoms. The molecule has 0 saturated heterocycles. The van der Waals surface area contributed by atoms with Crippen LogP contribution in [0.5, 0.6) is 0 Å². The van der Waals surface area contributed by atoms with Crippen LogP contribution in [0.25, 0.3) is 0 Å². The van der Waals surface area contributed by atoms with Gasteiger partial charge in [0, 0.05) is 12.7 Å². The zero-order chi connectivity index (χ0) is 12.7. The summed E-state index contributed by atoms with van der Waals surface area (Å²) in [6.45, 7) is 5.80. The lowest BCUT2D eigenvalue weighted by Gasteiger charge is -2.25. The Labute approximate surface area is 117 Å². The lowest BCUT2D eigenvalue weighted by atomic mass is 9.92. The van der Waals surface area contributed by atoms with Crippen molar-refractivity contribution >= 4 is 22.6 Å². The van der Waals surface area contributed by atoms with E-state index in [1.165, 1.54) is 0 Å². The summed E-state index contributed by atoms with van der Waals surface area (Å²) < 4.78 is 3.09. The highest BCUT2D eigenvalue weighted by Crippen LogP contribution is 2.17. The van der Waals surface area contributed by atoms with Crippen LogP contribution in [0.1, 0.15) is 33.1 Å². The minimum Gasteiger partial charge on any atom is -0.300 e. The molecule has 1 N–H and O–H groups in total. The minimum absolute atomic E-state index is 0.366. The highest BCUT2D eigenvalue weighted by Gasteiger charge is 2.25. The standard InChI is InChI=1S/C12H19IN4/c1-3-12(10-14,15-4-2)6-5-7-17-9-11(13)8-16-17/h8-9,15H,3-7H2,1-2H3. The van der Waals surface area contributed by atoms with Gasteiger partial charge < -0.3 is 0 Å². The van der Waals surface area contributed by atoms with Crippen LogP contribution in [0.4, 0.5) is 0 Å². The van der Waals surface area contributed by atoms with Gasteiger partial charge in [0.05, 0.1) is 15.8 Å². The quantitative estimate of drug-likeness (QED) is 0.772. The van der Waals surface area contributed by atoms with E-state index in [1.807, 2.05) is 24.0 Å². The Morgan fingerprint density at radius 1 is 1.59 bits per heavy atom. The number of hydrogen-bond donors (Lipinski definition) is 1. The molecule has 0 amide bonds. The van der Waals surface area contributed by atoms with Crippen molar-refractivity contribution in [3.05, 3.63) is 16.0 Å². The fourth-order valence-corrected chi connectivity index (χ4v) is 2.35. The van der Waals surface area contributed by atoms with Gasteiger partial charge in [-0.1, -0.05) is 13.8 Å². The molecule has 1 unspecified atom stereocenters. The van der Waals surface area contributed by atoms with Gasteiger partial charge in [0.1, 0.15) is 5.54 Å². The maximum Gasteiger partial charge on any atom is 0.106 e. The molecule has 0 aliphatic rings. The molecular formula is C12H19IN4. The third-order valence-electron chi connectivity index (χ3n) is 2.93. The van der Waals surface area contributed by atoms with Gasteiger partial charge in [-0.2, -0.15) is 10.4 Å². The first-order valence-electron chi connectivity index (χ1n) is 6.00. The second kappa shape index (κ2) is 6.97. The number of aryl methyl sites for hydroxylation is 1. The highest BCUT2D eigenvalue weighted by atomic mass is 127. The van der Waals surface area contributed by atoms with Crippen LogP contribution in [0.2, 0.25) is 0 Å². The first-order chi connectivity index (χ1) is 8.15. The highest BCUT2D eigenvalue weighted by molar-refractivity contribution is 14.1. The number of hydrogen-bond acceptors (Lipinski definition) is 3. The maximum atomic E-state index is 9.27. The summed E-state index contributed by atoms with van der Waals surface area (Å²) >= 11 is 2.25. The van der Waals surface area contributed by atoms with Crippen molar-refractivity contribution in [1.29, 1.82) is 5.26 Å². The molecule has 1 heterocycles. The predicted molar refractivity (Wildman–Crippen MR) is 76.5 cm³/mol. The zero-order valence-corrected chi connectivity index (χ0v) is 12.6. The number of halogens is 1. The smallest absolute Gasteiger partial charge is 0.106 e. The molecule has 1 aromatic heterocycles. The number of nitriles is 1. The third kappa shape index (κ3) is 4.28. The van der Waals surface area contributed by atoms with E-state index in [4.69, 9.17) is 0 Å². The van der Waals surface area contributed by atoms with E-state index in [1.54, 1.807) is 0 Å². The Hall–Kier alpha value is -0.610. The van der Waals surface area contributed by atoms with Gasteiger partial charge in [0.15, 0.2) is 0 Å². The lowest BCUT2D eigenvalue weighted by Crippen LogP contribution is -2.43. The molecule has 0 bridgehead atoms. The summed E-state index contributed by atoms with van der Waals surface area (Å²) in [5.41, 5.74) is -0.366. The Balaban J connectivity index is 2.45. The van der Waals surface area contributed by atoms with Crippen molar-refractivity contribution in [2.75, 3.05) is 6.54 Å². The fraction of sp³-hybridized carbons (Fsp3) is 0.667. The van der Waals surface area contributed by atoms with Crippen molar-refractivity contribution in [2.45, 2.75) is 45.2 Å². The van der Waals surface area contributed by atoms with Crippen molar-refractivity contribution in [3.8, 4) is 6.07 Å². The molecule has 1 rings (SSSR count). The molecule has 0 aliphatic carbocycles. The van der Waals surface area contributed by atoms with Gasteiger partial charge in [-0.15, -0.1) is 0 Å². The minimum atomic E-state index is -0.366. The Morgan fingerprint density at radius 3 is 2.82 bits per heavy atom. The summed E-state index contributed by atoms with van der Waals surface area (Å²) in [7, 11) is 0. The first kappa shape index (κ1) is 14.5. The average molecular weight is 346 g/mol. The second-order valence-electron chi connectivity index (χ2n) is 4.10. The van der Waals surface area contributed by atoms with Gasteiger partial charge in [0.25, 0.3) is 0 Å². The van der Waals surface area contributed by atoms with Gasteiger partial charge in [-0.3, -0.25) is 10.00 Å². The topological polar surface area (TPSA) is 53.6 Å². The van der Waals surface area contributed by atoms with Crippen LogP contribution in [-0.4, -0.2) is 21.9 Å². The van der Waals surface area contributed by atoms with Crippen LogP contribution >= 0.6 is 22.6 Å². The first-order valence-corrected chi connectivity index (χ1v) is 7.08. The zero-order valence-electron chi connectivity index (χ0n) is 10.4. The van der Waals surface area contributed by atoms with Crippen LogP contribution in [0, 0.1) is 14.9 Å². The molecular weight excluding hydrogens is 327 g/mol. The van der Waals surface area contributed by atoms with Gasteiger partial charge >= 0.3 is 0 Å². The summed E-state index contributed by atoms with van der Waals surface area (Å²) in [6, 6.07) is 2.42. The van der Waals surface area contributed by atoms with E-state index < -0.39 is 0 Å². The van der Waals surface area contributed by atoms with E-state index in [9.17, 15) is 5.26 Å². The van der Waals surface area contributed by atoms with Crippen molar-refractivity contribution in [1.82, 2.24) is 15.1 Å². The predicted octanol–water partition coefficient (Wildman–Crippen LogP) is 2.55. The maximum absolute atomic E-state index is 9.27. The average Bonchev–Trinajstić information content (AvgIpc) is 2.74. The van der Waals surface area contributed by atoms with E-state index in [-0.39, 0.29) is 5.54 Å². The van der Waals surface area contributed by atoms with Crippen molar-refractivity contribution in [3.63, 3.8) is 0 Å². The van der Waals surface area contributed by atoms with Crippen LogP contribution in [0.15, 0.2) is 12.4 Å². The normalized spacial score (nSPS) is 14.2. The molecule has 0 aliphatic heterocycles. The monoisotopic (exact) mass is 346 g/mol. The summed E-state index contributed by atoms with van der Waals surface area (Å²) in [4.78, 5) is 0. The van der Waals surface area contributed by atoms with Gasteiger partial charge in [0.2, 0.25) is 0 Å². The van der Waals surface area contributed by atoms with E-state index in [0.29, 0.717) is 0 Å². The van der Waals surface area contributed by atoms with Crippen molar-refractivity contribution < 1.29 is 0 Å². The summed E-state index contributed by atoms with van der Waals surface area (Å²) in [6.07, 6.45) is 6.54.